The number of hydroxylamine groups is 2. The zero-order chi connectivity index (χ0) is 19.6. The van der Waals surface area contributed by atoms with Gasteiger partial charge in [-0.15, -0.1) is 0 Å². The van der Waals surface area contributed by atoms with E-state index in [1.54, 1.807) is 0 Å². The highest BCUT2D eigenvalue weighted by atomic mass is 16.7. The Balaban J connectivity index is 2.01. The van der Waals surface area contributed by atoms with Crippen molar-refractivity contribution < 1.29 is 24.3 Å². The van der Waals surface area contributed by atoms with Crippen LogP contribution in [-0.4, -0.2) is 52.5 Å². The predicted molar refractivity (Wildman–Crippen MR) is 99.4 cm³/mol. The topological polar surface area (TPSA) is 87.2 Å². The summed E-state index contributed by atoms with van der Waals surface area (Å²) in [5, 5.41) is 10.5. The van der Waals surface area contributed by atoms with Gasteiger partial charge in [0.1, 0.15) is 12.6 Å². The highest BCUT2D eigenvalue weighted by molar-refractivity contribution is 5.86. The van der Waals surface area contributed by atoms with Crippen molar-refractivity contribution in [3.8, 4) is 0 Å². The van der Waals surface area contributed by atoms with Crippen LogP contribution in [0.5, 0.6) is 0 Å². The number of hydrogen-bond donors (Lipinski definition) is 1. The van der Waals surface area contributed by atoms with Crippen molar-refractivity contribution in [1.82, 2.24) is 9.96 Å². The molecule has 1 aromatic carbocycles. The van der Waals surface area contributed by atoms with Crippen molar-refractivity contribution >= 4 is 18.3 Å². The second-order valence-corrected chi connectivity index (χ2v) is 6.83. The minimum Gasteiger partial charge on any atom is -0.480 e. The molecule has 2 unspecified atom stereocenters. The van der Waals surface area contributed by atoms with Crippen molar-refractivity contribution in [3.05, 3.63) is 35.9 Å². The first-order valence-electron chi connectivity index (χ1n) is 9.48. The standard InChI is InChI=1S/C20H28N2O5/c1-2-3-10-17(19(24)22-12-7-11-18(22)20(25)26)13-21(15-23)27-14-16-8-5-4-6-9-16/h4-6,8-9,15,17-18H,2-3,7,10-14H2,1H3,(H,25,26). The van der Waals surface area contributed by atoms with Crippen LogP contribution in [0, 0.1) is 5.92 Å². The molecule has 1 fully saturated rings. The molecule has 1 N–H and O–H groups in total. The van der Waals surface area contributed by atoms with Gasteiger partial charge in [0, 0.05) is 6.54 Å². The summed E-state index contributed by atoms with van der Waals surface area (Å²) >= 11 is 0. The SMILES string of the molecule is CCCCC(CN(C=O)OCc1ccccc1)C(=O)N1CCCC1C(=O)O. The van der Waals surface area contributed by atoms with Crippen LogP contribution in [-0.2, 0) is 25.8 Å². The molecule has 0 saturated carbocycles. The molecule has 1 saturated heterocycles. The normalized spacial score (nSPS) is 17.5. The molecule has 7 heteroatoms. The Hall–Kier alpha value is -2.41. The van der Waals surface area contributed by atoms with Gasteiger partial charge in [-0.25, -0.2) is 9.86 Å². The largest absolute Gasteiger partial charge is 0.480 e. The molecule has 1 aromatic rings. The van der Waals surface area contributed by atoms with Crippen molar-refractivity contribution in [3.63, 3.8) is 0 Å². The Morgan fingerprint density at radius 3 is 2.74 bits per heavy atom. The van der Waals surface area contributed by atoms with E-state index in [0.717, 1.165) is 23.5 Å². The number of carboxylic acid groups (broad SMARTS) is 1. The Bertz CT molecular complexity index is 622. The van der Waals surface area contributed by atoms with Crippen LogP contribution in [0.2, 0.25) is 0 Å². The molecule has 0 aromatic heterocycles. The zero-order valence-electron chi connectivity index (χ0n) is 15.8. The van der Waals surface area contributed by atoms with Crippen LogP contribution >= 0.6 is 0 Å². The first-order chi connectivity index (χ1) is 13.1. The third kappa shape index (κ3) is 6.06. The lowest BCUT2D eigenvalue weighted by Gasteiger charge is -2.29. The van der Waals surface area contributed by atoms with Gasteiger partial charge in [-0.1, -0.05) is 50.1 Å². The van der Waals surface area contributed by atoms with Crippen molar-refractivity contribution in [2.24, 2.45) is 5.92 Å². The number of likely N-dealkylation sites (tertiary alicyclic amines) is 1. The predicted octanol–water partition coefficient (Wildman–Crippen LogP) is 2.46. The van der Waals surface area contributed by atoms with Crippen LogP contribution < -0.4 is 0 Å². The van der Waals surface area contributed by atoms with Crippen LogP contribution in [0.4, 0.5) is 0 Å². The number of hydrogen-bond acceptors (Lipinski definition) is 4. The lowest BCUT2D eigenvalue weighted by molar-refractivity contribution is -0.183. The Kier molecular flexibility index (Phi) is 8.26. The summed E-state index contributed by atoms with van der Waals surface area (Å²) < 4.78 is 0. The maximum absolute atomic E-state index is 13.0. The summed E-state index contributed by atoms with van der Waals surface area (Å²) in [6.45, 7) is 2.83. The Morgan fingerprint density at radius 1 is 1.37 bits per heavy atom. The Morgan fingerprint density at radius 2 is 2.11 bits per heavy atom. The van der Waals surface area contributed by atoms with E-state index < -0.39 is 17.9 Å². The third-order valence-electron chi connectivity index (χ3n) is 4.83. The molecule has 2 rings (SSSR count). The fraction of sp³-hybridized carbons (Fsp3) is 0.550. The molecule has 2 amide bonds. The van der Waals surface area contributed by atoms with Crippen LogP contribution in [0.15, 0.2) is 30.3 Å². The molecule has 0 bridgehead atoms. The maximum atomic E-state index is 13.0. The van der Waals surface area contributed by atoms with Crippen molar-refractivity contribution in [2.75, 3.05) is 13.1 Å². The summed E-state index contributed by atoms with van der Waals surface area (Å²) in [6.07, 6.45) is 4.07. The zero-order valence-corrected chi connectivity index (χ0v) is 15.8. The third-order valence-corrected chi connectivity index (χ3v) is 4.83. The smallest absolute Gasteiger partial charge is 0.326 e. The van der Waals surface area contributed by atoms with Gasteiger partial charge in [0.05, 0.1) is 12.5 Å². The number of rotatable bonds is 11. The van der Waals surface area contributed by atoms with Gasteiger partial charge >= 0.3 is 5.97 Å². The lowest BCUT2D eigenvalue weighted by atomic mass is 9.99. The molecule has 1 heterocycles. The summed E-state index contributed by atoms with van der Waals surface area (Å²) in [5.74, 6) is -1.64. The van der Waals surface area contributed by atoms with Crippen LogP contribution in [0.25, 0.3) is 0 Å². The maximum Gasteiger partial charge on any atom is 0.326 e. The van der Waals surface area contributed by atoms with Crippen LogP contribution in [0.3, 0.4) is 0 Å². The molecule has 0 aliphatic carbocycles. The van der Waals surface area contributed by atoms with Gasteiger partial charge in [0.25, 0.3) is 0 Å². The lowest BCUT2D eigenvalue weighted by Crippen LogP contribution is -2.46. The molecular weight excluding hydrogens is 348 g/mol. The fourth-order valence-electron chi connectivity index (χ4n) is 3.34. The van der Waals surface area contributed by atoms with E-state index in [9.17, 15) is 19.5 Å². The van der Waals surface area contributed by atoms with Gasteiger partial charge in [0.2, 0.25) is 12.3 Å². The molecule has 148 valence electrons. The van der Waals surface area contributed by atoms with Crippen molar-refractivity contribution in [1.29, 1.82) is 0 Å². The van der Waals surface area contributed by atoms with Gasteiger partial charge < -0.3 is 10.0 Å². The second-order valence-electron chi connectivity index (χ2n) is 6.83. The van der Waals surface area contributed by atoms with E-state index in [1.807, 2.05) is 37.3 Å². The van der Waals surface area contributed by atoms with E-state index in [0.29, 0.717) is 32.2 Å². The number of carbonyl (C=O) groups excluding carboxylic acids is 2. The molecule has 0 radical (unpaired) electrons. The molecule has 0 spiro atoms. The number of nitrogens with zero attached hydrogens (tertiary/aromatic N) is 2. The minimum atomic E-state index is -0.970. The first-order valence-corrected chi connectivity index (χ1v) is 9.48. The second kappa shape index (κ2) is 10.7. The highest BCUT2D eigenvalue weighted by Crippen LogP contribution is 2.23. The molecular formula is C20H28N2O5. The monoisotopic (exact) mass is 376 g/mol. The molecule has 1 aliphatic rings. The van der Waals surface area contributed by atoms with E-state index in [-0.39, 0.29) is 19.1 Å². The van der Waals surface area contributed by atoms with Gasteiger partial charge in [0.15, 0.2) is 0 Å². The van der Waals surface area contributed by atoms with Crippen LogP contribution in [0.1, 0.15) is 44.6 Å². The average Bonchev–Trinajstić information content (AvgIpc) is 3.18. The van der Waals surface area contributed by atoms with Gasteiger partial charge in [-0.3, -0.25) is 14.4 Å². The van der Waals surface area contributed by atoms with Gasteiger partial charge in [-0.05, 0) is 24.8 Å². The summed E-state index contributed by atoms with van der Waals surface area (Å²) in [7, 11) is 0. The molecule has 1 aliphatic heterocycles. The summed E-state index contributed by atoms with van der Waals surface area (Å²) in [4.78, 5) is 42.8. The van der Waals surface area contributed by atoms with Crippen molar-refractivity contribution in [2.45, 2.75) is 51.7 Å². The van der Waals surface area contributed by atoms with E-state index in [2.05, 4.69) is 0 Å². The number of carbonyl (C=O) groups is 3. The van der Waals surface area contributed by atoms with E-state index in [1.165, 1.54) is 4.90 Å². The molecule has 7 nitrogen and oxygen atoms in total. The van der Waals surface area contributed by atoms with E-state index >= 15 is 0 Å². The number of carboxylic acids is 1. The summed E-state index contributed by atoms with van der Waals surface area (Å²) in [5.41, 5.74) is 0.922. The number of amides is 2. The van der Waals surface area contributed by atoms with Gasteiger partial charge in [-0.2, -0.15) is 0 Å². The number of benzene rings is 1. The summed E-state index contributed by atoms with van der Waals surface area (Å²) in [6, 6.07) is 8.69. The highest BCUT2D eigenvalue weighted by Gasteiger charge is 2.37. The Labute approximate surface area is 159 Å². The number of aliphatic carboxylic acids is 1. The fourth-order valence-corrected chi connectivity index (χ4v) is 3.34. The first kappa shape index (κ1) is 20.9. The quantitative estimate of drug-likeness (QED) is 0.473. The molecule has 27 heavy (non-hydrogen) atoms. The minimum absolute atomic E-state index is 0.123. The average molecular weight is 376 g/mol. The van der Waals surface area contributed by atoms with E-state index in [4.69, 9.17) is 4.84 Å². The molecule has 2 atom stereocenters. The number of unbranched alkanes of at least 4 members (excludes halogenated alkanes) is 1.